The second-order valence-electron chi connectivity index (χ2n) is 7.70. The first-order valence-electron chi connectivity index (χ1n) is 8.27. The van der Waals surface area contributed by atoms with Crippen LogP contribution in [-0.4, -0.2) is 37.5 Å². The minimum Gasteiger partial charge on any atom is -0.356 e. The van der Waals surface area contributed by atoms with Crippen LogP contribution in [0, 0.1) is 10.8 Å². The molecule has 0 fully saturated rings. The Hall–Kier alpha value is 0.510. The number of hydrogen-bond donors (Lipinski definition) is 3. The number of unbranched alkanes of at least 4 members (excludes halogenated alkanes) is 2. The monoisotopic (exact) mass is 460 g/mol. The lowest BCUT2D eigenvalue weighted by Crippen LogP contribution is -2.37. The molecule has 0 aliphatic rings. The first-order valence-corrected chi connectivity index (χ1v) is 12.3. The average molecular weight is 460 g/mol. The molecule has 0 aromatic carbocycles. The van der Waals surface area contributed by atoms with Crippen LogP contribution in [0.4, 0.5) is 0 Å². The first-order chi connectivity index (χ1) is 10.6. The molecule has 5 nitrogen and oxygen atoms in total. The standard InChI is InChI=1S/C16H34IN2O3P/c1-15(2,11-16(3,4)13-22-23(17)21)12-19-14(20)9-7-6-8-10-18-5/h18,21H,6-13H2,1-5H3,(H,19,20). The molecular weight excluding hydrogens is 426 g/mol. The van der Waals surface area contributed by atoms with Gasteiger partial charge in [0.15, 0.2) is 0 Å². The van der Waals surface area contributed by atoms with Gasteiger partial charge in [-0.05, 0) is 43.7 Å². The maximum Gasteiger partial charge on any atom is 0.237 e. The quantitative estimate of drug-likeness (QED) is 0.221. The Morgan fingerprint density at radius 3 is 2.39 bits per heavy atom. The van der Waals surface area contributed by atoms with E-state index in [1.54, 1.807) is 0 Å². The summed E-state index contributed by atoms with van der Waals surface area (Å²) in [4.78, 5) is 21.2. The van der Waals surface area contributed by atoms with Crippen molar-refractivity contribution >= 4 is 34.0 Å². The van der Waals surface area contributed by atoms with Crippen LogP contribution in [0.1, 0.15) is 59.8 Å². The highest BCUT2D eigenvalue weighted by molar-refractivity contribution is 14.2. The van der Waals surface area contributed by atoms with Crippen molar-refractivity contribution in [1.82, 2.24) is 10.6 Å². The van der Waals surface area contributed by atoms with Gasteiger partial charge in [-0.2, -0.15) is 0 Å². The van der Waals surface area contributed by atoms with Crippen molar-refractivity contribution < 1.29 is 14.2 Å². The second-order valence-corrected chi connectivity index (χ2v) is 10.9. The summed E-state index contributed by atoms with van der Waals surface area (Å²) in [5, 5.41) is 6.17. The van der Waals surface area contributed by atoms with Gasteiger partial charge in [-0.25, -0.2) is 0 Å². The normalized spacial score (nSPS) is 13.9. The van der Waals surface area contributed by atoms with Gasteiger partial charge in [0.05, 0.1) is 6.61 Å². The molecule has 0 radical (unpaired) electrons. The summed E-state index contributed by atoms with van der Waals surface area (Å²) in [5.74, 6) is 0.141. The highest BCUT2D eigenvalue weighted by Gasteiger charge is 2.30. The second kappa shape index (κ2) is 12.0. The predicted molar refractivity (Wildman–Crippen MR) is 107 cm³/mol. The lowest BCUT2D eigenvalue weighted by molar-refractivity contribution is -0.121. The topological polar surface area (TPSA) is 70.6 Å². The van der Waals surface area contributed by atoms with Crippen molar-refractivity contribution in [2.75, 3.05) is 26.7 Å². The van der Waals surface area contributed by atoms with Crippen molar-refractivity contribution in [3.05, 3.63) is 0 Å². The molecule has 0 rings (SSSR count). The Kier molecular flexibility index (Phi) is 12.2. The van der Waals surface area contributed by atoms with E-state index in [0.29, 0.717) is 19.6 Å². The molecule has 1 amide bonds. The Labute approximate surface area is 156 Å². The summed E-state index contributed by atoms with van der Waals surface area (Å²) < 4.78 is 5.38. The van der Waals surface area contributed by atoms with Gasteiger partial charge in [0, 0.05) is 35.0 Å². The maximum atomic E-state index is 11.9. The van der Waals surface area contributed by atoms with Crippen LogP contribution in [0.5, 0.6) is 0 Å². The van der Waals surface area contributed by atoms with E-state index in [-0.39, 0.29) is 16.7 Å². The molecule has 0 bridgehead atoms. The van der Waals surface area contributed by atoms with Crippen LogP contribution >= 0.6 is 28.1 Å². The van der Waals surface area contributed by atoms with Crippen molar-refractivity contribution in [1.29, 1.82) is 0 Å². The molecule has 3 N–H and O–H groups in total. The largest absolute Gasteiger partial charge is 0.356 e. The number of amides is 1. The van der Waals surface area contributed by atoms with Crippen LogP contribution in [0.2, 0.25) is 0 Å². The van der Waals surface area contributed by atoms with Gasteiger partial charge in [-0.3, -0.25) is 4.79 Å². The zero-order valence-corrected chi connectivity index (χ0v) is 18.3. The summed E-state index contributed by atoms with van der Waals surface area (Å²) in [6, 6.07) is -1.34. The SMILES string of the molecule is CNCCCCCC(=O)NCC(C)(C)CC(C)(C)COP(O)I. The summed E-state index contributed by atoms with van der Waals surface area (Å²) >= 11 is 1.90. The molecular formula is C16H34IN2O3P. The third-order valence-electron chi connectivity index (χ3n) is 3.61. The minimum absolute atomic E-state index is 0.00185. The fourth-order valence-corrected chi connectivity index (χ4v) is 3.70. The molecule has 0 aromatic heterocycles. The van der Waals surface area contributed by atoms with Gasteiger partial charge >= 0.3 is 0 Å². The predicted octanol–water partition coefficient (Wildman–Crippen LogP) is 4.00. The first kappa shape index (κ1) is 23.5. The Bertz CT molecular complexity index is 339. The zero-order chi connectivity index (χ0) is 17.9. The van der Waals surface area contributed by atoms with Gasteiger partial charge in [0.25, 0.3) is 0 Å². The number of nitrogens with one attached hydrogen (secondary N) is 2. The fraction of sp³-hybridized carbons (Fsp3) is 0.938. The van der Waals surface area contributed by atoms with E-state index < -0.39 is 6.02 Å². The average Bonchev–Trinajstić information content (AvgIpc) is 2.42. The Balaban J connectivity index is 4.03. The smallest absolute Gasteiger partial charge is 0.237 e. The summed E-state index contributed by atoms with van der Waals surface area (Å²) in [6.45, 7) is 10.8. The van der Waals surface area contributed by atoms with E-state index in [0.717, 1.165) is 32.2 Å². The van der Waals surface area contributed by atoms with Gasteiger partial charge in [-0.1, -0.05) is 34.1 Å². The molecule has 7 heteroatoms. The van der Waals surface area contributed by atoms with Gasteiger partial charge < -0.3 is 20.1 Å². The molecule has 0 spiro atoms. The van der Waals surface area contributed by atoms with Gasteiger partial charge in [0.2, 0.25) is 11.9 Å². The van der Waals surface area contributed by atoms with E-state index in [2.05, 4.69) is 38.3 Å². The number of rotatable bonds is 13. The van der Waals surface area contributed by atoms with Crippen LogP contribution < -0.4 is 10.6 Å². The van der Waals surface area contributed by atoms with E-state index >= 15 is 0 Å². The molecule has 0 aliphatic heterocycles. The lowest BCUT2D eigenvalue weighted by Gasteiger charge is -2.35. The zero-order valence-electron chi connectivity index (χ0n) is 15.2. The summed E-state index contributed by atoms with van der Waals surface area (Å²) in [6.07, 6.45) is 4.68. The number of hydrogen-bond acceptors (Lipinski definition) is 4. The van der Waals surface area contributed by atoms with E-state index in [4.69, 9.17) is 4.52 Å². The molecule has 138 valence electrons. The number of carbonyl (C=O) groups excluding carboxylic acids is 1. The molecule has 0 saturated carbocycles. The summed E-state index contributed by atoms with van der Waals surface area (Å²) in [7, 11) is 1.95. The van der Waals surface area contributed by atoms with E-state index in [9.17, 15) is 9.69 Å². The van der Waals surface area contributed by atoms with Crippen molar-refractivity contribution in [3.8, 4) is 0 Å². The highest BCUT2D eigenvalue weighted by atomic mass is 127. The van der Waals surface area contributed by atoms with Crippen molar-refractivity contribution in [3.63, 3.8) is 0 Å². The van der Waals surface area contributed by atoms with Gasteiger partial charge in [0.1, 0.15) is 0 Å². The van der Waals surface area contributed by atoms with Crippen LogP contribution in [0.15, 0.2) is 0 Å². The van der Waals surface area contributed by atoms with Gasteiger partial charge in [-0.15, -0.1) is 0 Å². The third-order valence-corrected chi connectivity index (χ3v) is 4.79. The van der Waals surface area contributed by atoms with E-state index in [1.165, 1.54) is 0 Å². The molecule has 0 aromatic rings. The minimum atomic E-state index is -1.34. The molecule has 0 aliphatic carbocycles. The Morgan fingerprint density at radius 1 is 1.17 bits per heavy atom. The van der Waals surface area contributed by atoms with Crippen molar-refractivity contribution in [2.45, 2.75) is 59.8 Å². The molecule has 0 saturated heterocycles. The van der Waals surface area contributed by atoms with Crippen molar-refractivity contribution in [2.24, 2.45) is 10.8 Å². The highest BCUT2D eigenvalue weighted by Crippen LogP contribution is 2.44. The number of carbonyl (C=O) groups is 1. The molecule has 23 heavy (non-hydrogen) atoms. The maximum absolute atomic E-state index is 11.9. The molecule has 1 unspecified atom stereocenters. The van der Waals surface area contributed by atoms with Crippen LogP contribution in [0.25, 0.3) is 0 Å². The molecule has 1 atom stereocenters. The lowest BCUT2D eigenvalue weighted by atomic mass is 9.75. The number of halogens is 1. The Morgan fingerprint density at radius 2 is 1.83 bits per heavy atom. The summed E-state index contributed by atoms with van der Waals surface area (Å²) in [5.41, 5.74) is -0.0337. The van der Waals surface area contributed by atoms with Crippen LogP contribution in [-0.2, 0) is 9.32 Å². The molecule has 0 heterocycles. The van der Waals surface area contributed by atoms with E-state index in [1.807, 2.05) is 29.1 Å². The van der Waals surface area contributed by atoms with Crippen LogP contribution in [0.3, 0.4) is 0 Å². The third kappa shape index (κ3) is 14.6. The fourth-order valence-electron chi connectivity index (χ4n) is 2.83.